The molecule has 0 bridgehead atoms. The van der Waals surface area contributed by atoms with Gasteiger partial charge in [-0.2, -0.15) is 0 Å². The lowest BCUT2D eigenvalue weighted by Crippen LogP contribution is -2.31. The summed E-state index contributed by atoms with van der Waals surface area (Å²) in [7, 11) is 4.54. The minimum atomic E-state index is -0.651. The quantitative estimate of drug-likeness (QED) is 0.717. The molecule has 2 aromatic carbocycles. The molecule has 7 heteroatoms. The molecule has 0 aliphatic rings. The molecule has 1 N–H and O–H groups in total. The van der Waals surface area contributed by atoms with Crippen molar-refractivity contribution >= 4 is 11.9 Å². The largest absolute Gasteiger partial charge is 0.497 e. The number of carbonyl (C=O) groups is 2. The molecule has 2 rings (SSSR count). The lowest BCUT2D eigenvalue weighted by molar-refractivity contribution is -0.124. The van der Waals surface area contributed by atoms with Gasteiger partial charge in [-0.25, -0.2) is 4.79 Å². The Hall–Kier alpha value is -3.22. The van der Waals surface area contributed by atoms with Crippen molar-refractivity contribution in [1.82, 2.24) is 5.32 Å². The van der Waals surface area contributed by atoms with E-state index < -0.39 is 18.5 Å². The molecule has 0 unspecified atom stereocenters. The molecule has 2 aromatic rings. The Bertz CT molecular complexity index is 788. The van der Waals surface area contributed by atoms with Gasteiger partial charge >= 0.3 is 5.97 Å². The molecule has 0 aliphatic carbocycles. The van der Waals surface area contributed by atoms with E-state index in [0.29, 0.717) is 11.5 Å². The molecule has 0 fully saturated rings. The van der Waals surface area contributed by atoms with E-state index in [1.165, 1.54) is 20.3 Å². The first kappa shape index (κ1) is 20.1. The van der Waals surface area contributed by atoms with Crippen LogP contribution in [-0.2, 0) is 9.53 Å². The number of methoxy groups -OCH3 is 3. The number of hydrogen-bond donors (Lipinski definition) is 1. The third-order valence-corrected chi connectivity index (χ3v) is 3.96. The van der Waals surface area contributed by atoms with Crippen molar-refractivity contribution in [2.24, 2.45) is 0 Å². The molecule has 0 heterocycles. The molecule has 144 valence electrons. The lowest BCUT2D eigenvalue weighted by Gasteiger charge is -2.15. The zero-order valence-corrected chi connectivity index (χ0v) is 15.8. The molecule has 0 aliphatic heterocycles. The summed E-state index contributed by atoms with van der Waals surface area (Å²) in [5, 5.41) is 2.78. The van der Waals surface area contributed by atoms with Gasteiger partial charge in [0.2, 0.25) is 0 Å². The highest BCUT2D eigenvalue weighted by molar-refractivity contribution is 5.94. The van der Waals surface area contributed by atoms with E-state index in [0.717, 1.165) is 11.3 Å². The van der Waals surface area contributed by atoms with Crippen molar-refractivity contribution in [1.29, 1.82) is 0 Å². The molecule has 1 atom stereocenters. The SMILES string of the molecule is COc1ccc([C@@H](C)NC(=O)COC(=O)c2ccc(OC)cc2OC)cc1. The normalized spacial score (nSPS) is 11.3. The highest BCUT2D eigenvalue weighted by Crippen LogP contribution is 2.25. The van der Waals surface area contributed by atoms with Crippen LogP contribution in [0.3, 0.4) is 0 Å². The fraction of sp³-hybridized carbons (Fsp3) is 0.300. The van der Waals surface area contributed by atoms with E-state index >= 15 is 0 Å². The minimum Gasteiger partial charge on any atom is -0.497 e. The molecule has 0 radical (unpaired) electrons. The second kappa shape index (κ2) is 9.47. The first-order valence-corrected chi connectivity index (χ1v) is 8.31. The predicted molar refractivity (Wildman–Crippen MR) is 99.4 cm³/mol. The van der Waals surface area contributed by atoms with E-state index in [-0.39, 0.29) is 11.6 Å². The number of nitrogens with one attached hydrogen (secondary N) is 1. The van der Waals surface area contributed by atoms with Gasteiger partial charge in [-0.3, -0.25) is 4.79 Å². The van der Waals surface area contributed by atoms with Crippen molar-refractivity contribution in [2.45, 2.75) is 13.0 Å². The summed E-state index contributed by atoms with van der Waals surface area (Å²) in [5.41, 5.74) is 1.13. The number of amides is 1. The number of rotatable bonds is 8. The third kappa shape index (κ3) is 5.37. The Morgan fingerprint density at radius 3 is 2.15 bits per heavy atom. The van der Waals surface area contributed by atoms with E-state index in [2.05, 4.69) is 5.32 Å². The van der Waals surface area contributed by atoms with E-state index in [4.69, 9.17) is 18.9 Å². The highest BCUT2D eigenvalue weighted by Gasteiger charge is 2.17. The smallest absolute Gasteiger partial charge is 0.342 e. The second-order valence-corrected chi connectivity index (χ2v) is 5.70. The maximum atomic E-state index is 12.2. The summed E-state index contributed by atoms with van der Waals surface area (Å²) < 4.78 is 20.4. The highest BCUT2D eigenvalue weighted by atomic mass is 16.5. The van der Waals surface area contributed by atoms with E-state index in [1.807, 2.05) is 31.2 Å². The fourth-order valence-electron chi connectivity index (χ4n) is 2.44. The van der Waals surface area contributed by atoms with Crippen molar-refractivity contribution in [3.05, 3.63) is 53.6 Å². The maximum absolute atomic E-state index is 12.2. The van der Waals surface area contributed by atoms with Crippen LogP contribution in [0.25, 0.3) is 0 Å². The molecule has 1 amide bonds. The monoisotopic (exact) mass is 373 g/mol. The lowest BCUT2D eigenvalue weighted by atomic mass is 10.1. The van der Waals surface area contributed by atoms with Gasteiger partial charge in [0.05, 0.1) is 27.4 Å². The standard InChI is InChI=1S/C20H23NO6/c1-13(14-5-7-15(24-2)8-6-14)21-19(22)12-27-20(23)17-10-9-16(25-3)11-18(17)26-4/h5-11,13H,12H2,1-4H3,(H,21,22)/t13-/m1/s1. The van der Waals surface area contributed by atoms with Gasteiger partial charge in [-0.05, 0) is 36.8 Å². The van der Waals surface area contributed by atoms with Gasteiger partial charge in [0.15, 0.2) is 6.61 Å². The molecular formula is C20H23NO6. The summed E-state index contributed by atoms with van der Waals surface area (Å²) in [6.07, 6.45) is 0. The molecule has 27 heavy (non-hydrogen) atoms. The average molecular weight is 373 g/mol. The molecule has 0 saturated carbocycles. The Labute approximate surface area is 158 Å². The fourth-order valence-corrected chi connectivity index (χ4v) is 2.44. The zero-order valence-electron chi connectivity index (χ0n) is 15.8. The summed E-state index contributed by atoms with van der Waals surface area (Å²) in [6.45, 7) is 1.45. The van der Waals surface area contributed by atoms with Gasteiger partial charge in [0.25, 0.3) is 5.91 Å². The Morgan fingerprint density at radius 2 is 1.56 bits per heavy atom. The summed E-state index contributed by atoms with van der Waals surface area (Å²) in [6, 6.07) is 11.8. The number of benzene rings is 2. The van der Waals surface area contributed by atoms with Crippen LogP contribution < -0.4 is 19.5 Å². The zero-order chi connectivity index (χ0) is 19.8. The molecule has 7 nitrogen and oxygen atoms in total. The van der Waals surface area contributed by atoms with Crippen LogP contribution in [0.2, 0.25) is 0 Å². The van der Waals surface area contributed by atoms with Crippen LogP contribution in [-0.4, -0.2) is 39.8 Å². The van der Waals surface area contributed by atoms with E-state index in [1.54, 1.807) is 19.2 Å². The first-order valence-electron chi connectivity index (χ1n) is 8.31. The Kier molecular flexibility index (Phi) is 7.05. The summed E-state index contributed by atoms with van der Waals surface area (Å²) >= 11 is 0. The van der Waals surface area contributed by atoms with Crippen molar-refractivity contribution in [2.75, 3.05) is 27.9 Å². The maximum Gasteiger partial charge on any atom is 0.342 e. The van der Waals surface area contributed by atoms with Crippen molar-refractivity contribution in [3.8, 4) is 17.2 Å². The summed E-state index contributed by atoms with van der Waals surface area (Å²) in [5.74, 6) is 0.543. The van der Waals surface area contributed by atoms with Crippen molar-refractivity contribution < 1.29 is 28.5 Å². The number of carbonyl (C=O) groups excluding carboxylic acids is 2. The Morgan fingerprint density at radius 1 is 0.926 bits per heavy atom. The van der Waals surface area contributed by atoms with Gasteiger partial charge in [-0.15, -0.1) is 0 Å². The second-order valence-electron chi connectivity index (χ2n) is 5.70. The number of esters is 1. The minimum absolute atomic E-state index is 0.217. The van der Waals surface area contributed by atoms with Gasteiger partial charge in [0, 0.05) is 6.07 Å². The van der Waals surface area contributed by atoms with Gasteiger partial charge in [0.1, 0.15) is 22.8 Å². The van der Waals surface area contributed by atoms with Crippen molar-refractivity contribution in [3.63, 3.8) is 0 Å². The first-order chi connectivity index (χ1) is 13.0. The predicted octanol–water partition coefficient (Wildman–Crippen LogP) is 2.75. The third-order valence-electron chi connectivity index (χ3n) is 3.96. The molecule has 0 aromatic heterocycles. The van der Waals surface area contributed by atoms with Crippen LogP contribution in [0.15, 0.2) is 42.5 Å². The molecule has 0 spiro atoms. The van der Waals surface area contributed by atoms with Crippen LogP contribution in [0.4, 0.5) is 0 Å². The molecular weight excluding hydrogens is 350 g/mol. The molecule has 0 saturated heterocycles. The number of ether oxygens (including phenoxy) is 4. The summed E-state index contributed by atoms with van der Waals surface area (Å²) in [4.78, 5) is 24.3. The topological polar surface area (TPSA) is 83.1 Å². The average Bonchev–Trinajstić information content (AvgIpc) is 2.71. The van der Waals surface area contributed by atoms with Crippen LogP contribution in [0, 0.1) is 0 Å². The van der Waals surface area contributed by atoms with Crippen LogP contribution >= 0.6 is 0 Å². The van der Waals surface area contributed by atoms with Gasteiger partial charge < -0.3 is 24.3 Å². The van der Waals surface area contributed by atoms with Crippen LogP contribution in [0.5, 0.6) is 17.2 Å². The Balaban J connectivity index is 1.91. The van der Waals surface area contributed by atoms with E-state index in [9.17, 15) is 9.59 Å². The number of hydrogen-bond acceptors (Lipinski definition) is 6. The van der Waals surface area contributed by atoms with Gasteiger partial charge in [-0.1, -0.05) is 12.1 Å². The van der Waals surface area contributed by atoms with Crippen LogP contribution in [0.1, 0.15) is 28.9 Å².